The Hall–Kier alpha value is -0.200. The van der Waals surface area contributed by atoms with E-state index < -0.39 is 6.10 Å². The van der Waals surface area contributed by atoms with Gasteiger partial charge in [-0.1, -0.05) is 6.92 Å². The van der Waals surface area contributed by atoms with Crippen LogP contribution >= 0.6 is 0 Å². The lowest BCUT2D eigenvalue weighted by molar-refractivity contribution is -0.0759. The van der Waals surface area contributed by atoms with Crippen LogP contribution in [-0.2, 0) is 14.2 Å². The minimum absolute atomic E-state index is 0.00482. The van der Waals surface area contributed by atoms with Crippen molar-refractivity contribution in [2.45, 2.75) is 63.9 Å². The third kappa shape index (κ3) is 7.55. The largest absolute Gasteiger partial charge is 0.388 e. The Balaban J connectivity index is 2.05. The van der Waals surface area contributed by atoms with Crippen molar-refractivity contribution < 1.29 is 19.3 Å². The highest BCUT2D eigenvalue weighted by Crippen LogP contribution is 2.21. The molecule has 0 aromatic carbocycles. The first-order valence-corrected chi connectivity index (χ1v) is 7.79. The van der Waals surface area contributed by atoms with E-state index in [2.05, 4.69) is 12.2 Å². The minimum Gasteiger partial charge on any atom is -0.388 e. The number of hydrogen-bond acceptors (Lipinski definition) is 5. The lowest BCUT2D eigenvalue weighted by Crippen LogP contribution is -2.36. The lowest BCUT2D eigenvalue weighted by atomic mass is 9.93. The second kappa shape index (κ2) is 10.5. The molecule has 0 aliphatic heterocycles. The molecule has 120 valence electrons. The van der Waals surface area contributed by atoms with Crippen LogP contribution in [0.25, 0.3) is 0 Å². The first-order valence-electron chi connectivity index (χ1n) is 7.79. The summed E-state index contributed by atoms with van der Waals surface area (Å²) in [6, 6.07) is 0.642. The van der Waals surface area contributed by atoms with Gasteiger partial charge in [0.2, 0.25) is 0 Å². The van der Waals surface area contributed by atoms with Gasteiger partial charge in [0, 0.05) is 13.2 Å². The molecule has 0 bridgehead atoms. The molecule has 1 saturated carbocycles. The highest BCUT2D eigenvalue weighted by Gasteiger charge is 2.21. The maximum Gasteiger partial charge on any atom is 0.101 e. The summed E-state index contributed by atoms with van der Waals surface area (Å²) in [5.41, 5.74) is 0. The van der Waals surface area contributed by atoms with Gasteiger partial charge < -0.3 is 24.6 Å². The van der Waals surface area contributed by atoms with Crippen molar-refractivity contribution in [1.29, 1.82) is 0 Å². The average molecular weight is 289 g/mol. The molecular weight excluding hydrogens is 258 g/mol. The molecule has 0 radical (unpaired) electrons. The standard InChI is InChI=1S/C15H31NO4/c1-4-16-13-5-7-15(8-6-13)20-11-14(17)10-19-12(2)9-18-3/h12-17H,4-11H2,1-3H3. The van der Waals surface area contributed by atoms with Gasteiger partial charge in [-0.15, -0.1) is 0 Å². The van der Waals surface area contributed by atoms with Crippen LogP contribution in [0.2, 0.25) is 0 Å². The van der Waals surface area contributed by atoms with Crippen LogP contribution in [0, 0.1) is 0 Å². The summed E-state index contributed by atoms with van der Waals surface area (Å²) < 4.78 is 16.2. The topological polar surface area (TPSA) is 60.0 Å². The summed E-state index contributed by atoms with van der Waals surface area (Å²) in [5.74, 6) is 0. The summed E-state index contributed by atoms with van der Waals surface area (Å²) in [5, 5.41) is 13.3. The molecule has 0 aromatic rings. The Morgan fingerprint density at radius 1 is 1.15 bits per heavy atom. The van der Waals surface area contributed by atoms with Crippen LogP contribution in [0.5, 0.6) is 0 Å². The van der Waals surface area contributed by atoms with Crippen molar-refractivity contribution in [3.8, 4) is 0 Å². The van der Waals surface area contributed by atoms with Gasteiger partial charge in [-0.05, 0) is 39.2 Å². The van der Waals surface area contributed by atoms with Crippen LogP contribution in [0.15, 0.2) is 0 Å². The predicted molar refractivity (Wildman–Crippen MR) is 79.0 cm³/mol. The van der Waals surface area contributed by atoms with E-state index in [0.29, 0.717) is 25.9 Å². The maximum absolute atomic E-state index is 9.83. The molecule has 0 aromatic heterocycles. The van der Waals surface area contributed by atoms with Crippen molar-refractivity contribution in [3.05, 3.63) is 0 Å². The van der Waals surface area contributed by atoms with E-state index in [9.17, 15) is 5.11 Å². The molecule has 2 unspecified atom stereocenters. The molecule has 2 atom stereocenters. The van der Waals surface area contributed by atoms with E-state index in [1.165, 1.54) is 0 Å². The summed E-state index contributed by atoms with van der Waals surface area (Å²) >= 11 is 0. The number of rotatable bonds is 10. The predicted octanol–water partition coefficient (Wildman–Crippen LogP) is 1.34. The van der Waals surface area contributed by atoms with Gasteiger partial charge >= 0.3 is 0 Å². The van der Waals surface area contributed by atoms with E-state index in [0.717, 1.165) is 32.2 Å². The number of methoxy groups -OCH3 is 1. The number of hydrogen-bond donors (Lipinski definition) is 2. The summed E-state index contributed by atoms with van der Waals surface area (Å²) in [6.45, 7) is 6.31. The molecule has 0 spiro atoms. The van der Waals surface area contributed by atoms with Gasteiger partial charge in [-0.2, -0.15) is 0 Å². The van der Waals surface area contributed by atoms with Crippen LogP contribution in [-0.4, -0.2) is 62.9 Å². The molecule has 0 saturated heterocycles. The molecule has 0 amide bonds. The first kappa shape index (κ1) is 17.9. The maximum atomic E-state index is 9.83. The quantitative estimate of drug-likeness (QED) is 0.635. The fourth-order valence-electron chi connectivity index (χ4n) is 2.58. The van der Waals surface area contributed by atoms with E-state index in [4.69, 9.17) is 14.2 Å². The Labute approximate surface area is 123 Å². The van der Waals surface area contributed by atoms with Crippen LogP contribution in [0.1, 0.15) is 39.5 Å². The highest BCUT2D eigenvalue weighted by atomic mass is 16.5. The Morgan fingerprint density at radius 3 is 2.45 bits per heavy atom. The fraction of sp³-hybridized carbons (Fsp3) is 1.00. The zero-order valence-electron chi connectivity index (χ0n) is 13.1. The second-order valence-electron chi connectivity index (χ2n) is 5.62. The molecule has 5 heteroatoms. The summed E-state index contributed by atoms with van der Waals surface area (Å²) in [4.78, 5) is 0. The van der Waals surface area contributed by atoms with Crippen molar-refractivity contribution in [2.75, 3.05) is 33.5 Å². The fourth-order valence-corrected chi connectivity index (χ4v) is 2.58. The molecule has 1 aliphatic carbocycles. The molecule has 0 heterocycles. The molecule has 5 nitrogen and oxygen atoms in total. The van der Waals surface area contributed by atoms with Crippen molar-refractivity contribution in [1.82, 2.24) is 5.32 Å². The van der Waals surface area contributed by atoms with Crippen molar-refractivity contribution in [3.63, 3.8) is 0 Å². The average Bonchev–Trinajstić information content (AvgIpc) is 2.45. The van der Waals surface area contributed by atoms with Crippen LogP contribution in [0.4, 0.5) is 0 Å². The van der Waals surface area contributed by atoms with Crippen molar-refractivity contribution >= 4 is 0 Å². The van der Waals surface area contributed by atoms with Gasteiger partial charge in [0.15, 0.2) is 0 Å². The first-order chi connectivity index (χ1) is 9.65. The highest BCUT2D eigenvalue weighted by molar-refractivity contribution is 4.77. The Bertz CT molecular complexity index is 232. The molecule has 1 fully saturated rings. The summed E-state index contributed by atoms with van der Waals surface area (Å²) in [7, 11) is 1.64. The summed E-state index contributed by atoms with van der Waals surface area (Å²) in [6.07, 6.45) is 4.21. The molecule has 1 rings (SSSR count). The molecule has 2 N–H and O–H groups in total. The molecule has 1 aliphatic rings. The zero-order chi connectivity index (χ0) is 14.8. The van der Waals surface area contributed by atoms with Crippen molar-refractivity contribution in [2.24, 2.45) is 0 Å². The number of ether oxygens (including phenoxy) is 3. The van der Waals surface area contributed by atoms with E-state index >= 15 is 0 Å². The molecule has 20 heavy (non-hydrogen) atoms. The van der Waals surface area contributed by atoms with Crippen LogP contribution < -0.4 is 5.32 Å². The lowest BCUT2D eigenvalue weighted by Gasteiger charge is -2.29. The van der Waals surface area contributed by atoms with Gasteiger partial charge in [0.05, 0.1) is 32.0 Å². The van der Waals surface area contributed by atoms with E-state index in [1.54, 1.807) is 7.11 Å². The third-order valence-corrected chi connectivity index (χ3v) is 3.67. The monoisotopic (exact) mass is 289 g/mol. The molecular formula is C15H31NO4. The SMILES string of the molecule is CCNC1CCC(OCC(O)COC(C)COC)CC1. The minimum atomic E-state index is -0.555. The van der Waals surface area contributed by atoms with E-state index in [1.807, 2.05) is 6.92 Å². The number of aliphatic hydroxyl groups excluding tert-OH is 1. The van der Waals surface area contributed by atoms with Gasteiger partial charge in [0.1, 0.15) is 6.10 Å². The number of nitrogens with one attached hydrogen (secondary N) is 1. The third-order valence-electron chi connectivity index (χ3n) is 3.67. The number of aliphatic hydroxyl groups is 1. The van der Waals surface area contributed by atoms with Gasteiger partial charge in [0.25, 0.3) is 0 Å². The second-order valence-corrected chi connectivity index (χ2v) is 5.62. The normalized spacial score (nSPS) is 26.4. The zero-order valence-corrected chi connectivity index (χ0v) is 13.1. The van der Waals surface area contributed by atoms with Gasteiger partial charge in [-0.3, -0.25) is 0 Å². The van der Waals surface area contributed by atoms with E-state index in [-0.39, 0.29) is 12.2 Å². The van der Waals surface area contributed by atoms with Gasteiger partial charge in [-0.25, -0.2) is 0 Å². The Morgan fingerprint density at radius 2 is 1.85 bits per heavy atom. The Kier molecular flexibility index (Phi) is 9.39. The van der Waals surface area contributed by atoms with Crippen LogP contribution in [0.3, 0.4) is 0 Å². The smallest absolute Gasteiger partial charge is 0.101 e.